The lowest BCUT2D eigenvalue weighted by Crippen LogP contribution is -2.42. The van der Waals surface area contributed by atoms with Crippen LogP contribution in [0, 0.1) is 5.92 Å². The Morgan fingerprint density at radius 2 is 2.06 bits per heavy atom. The molecule has 0 aromatic heterocycles. The number of sulfonamides is 1. The molecule has 2 heterocycles. The molecule has 0 aromatic carbocycles. The van der Waals surface area contributed by atoms with Crippen molar-refractivity contribution in [2.75, 3.05) is 45.1 Å². The Balaban J connectivity index is 1.81. The molecule has 0 radical (unpaired) electrons. The molecule has 16 heavy (non-hydrogen) atoms. The van der Waals surface area contributed by atoms with Gasteiger partial charge in [0.05, 0.1) is 19.0 Å². The average Bonchev–Trinajstić information content (AvgIpc) is 2.81. The molecule has 2 aliphatic heterocycles. The Morgan fingerprint density at radius 1 is 1.31 bits per heavy atom. The van der Waals surface area contributed by atoms with Crippen LogP contribution in [0.1, 0.15) is 12.8 Å². The number of morpholine rings is 1. The monoisotopic (exact) mass is 248 g/mol. The van der Waals surface area contributed by atoms with E-state index in [1.54, 1.807) is 4.31 Å². The van der Waals surface area contributed by atoms with Crippen LogP contribution in [0.2, 0.25) is 0 Å². The molecule has 0 bridgehead atoms. The molecule has 1 N–H and O–H groups in total. The van der Waals surface area contributed by atoms with Crippen LogP contribution in [0.15, 0.2) is 0 Å². The van der Waals surface area contributed by atoms with Gasteiger partial charge >= 0.3 is 0 Å². The summed E-state index contributed by atoms with van der Waals surface area (Å²) < 4.78 is 30.7. The molecule has 2 saturated heterocycles. The number of ether oxygens (including phenoxy) is 1. The minimum absolute atomic E-state index is 0.291. The second-order valence-corrected chi connectivity index (χ2v) is 6.56. The summed E-state index contributed by atoms with van der Waals surface area (Å²) in [6, 6.07) is 0. The van der Waals surface area contributed by atoms with Gasteiger partial charge in [0.2, 0.25) is 10.0 Å². The van der Waals surface area contributed by atoms with Crippen LogP contribution >= 0.6 is 0 Å². The molecule has 0 amide bonds. The third-order valence-electron chi connectivity index (χ3n) is 3.31. The molecule has 94 valence electrons. The van der Waals surface area contributed by atoms with E-state index in [9.17, 15) is 8.42 Å². The predicted molar refractivity (Wildman–Crippen MR) is 61.8 cm³/mol. The number of hydrogen-bond donors (Lipinski definition) is 1. The Kier molecular flexibility index (Phi) is 4.18. The molecular weight excluding hydrogens is 228 g/mol. The van der Waals surface area contributed by atoms with Crippen molar-refractivity contribution in [3.63, 3.8) is 0 Å². The van der Waals surface area contributed by atoms with Gasteiger partial charge < -0.3 is 10.1 Å². The third kappa shape index (κ3) is 3.16. The smallest absolute Gasteiger partial charge is 0.214 e. The summed E-state index contributed by atoms with van der Waals surface area (Å²) in [5.74, 6) is 0.829. The Bertz CT molecular complexity index is 306. The molecular formula is C10H20N2O3S. The van der Waals surface area contributed by atoms with Crippen LogP contribution in [0.5, 0.6) is 0 Å². The van der Waals surface area contributed by atoms with Crippen LogP contribution in [-0.4, -0.2) is 57.9 Å². The second-order valence-electron chi connectivity index (χ2n) is 4.47. The maximum absolute atomic E-state index is 12.0. The fourth-order valence-corrected chi connectivity index (χ4v) is 3.83. The highest BCUT2D eigenvalue weighted by Gasteiger charge is 2.25. The summed E-state index contributed by atoms with van der Waals surface area (Å²) in [5, 5.41) is 3.26. The second kappa shape index (κ2) is 5.44. The van der Waals surface area contributed by atoms with Gasteiger partial charge in [-0.2, -0.15) is 4.31 Å². The lowest BCUT2D eigenvalue weighted by Gasteiger charge is -2.26. The van der Waals surface area contributed by atoms with Crippen molar-refractivity contribution in [1.82, 2.24) is 9.62 Å². The number of nitrogens with one attached hydrogen (secondary N) is 1. The zero-order valence-corrected chi connectivity index (χ0v) is 10.3. The first kappa shape index (κ1) is 12.3. The SMILES string of the molecule is O=S(=O)(CCC1CCNC1)N1CCOCC1. The van der Waals surface area contributed by atoms with Crippen molar-refractivity contribution < 1.29 is 13.2 Å². The largest absolute Gasteiger partial charge is 0.379 e. The highest BCUT2D eigenvalue weighted by Crippen LogP contribution is 2.15. The minimum atomic E-state index is -3.05. The lowest BCUT2D eigenvalue weighted by atomic mass is 10.1. The number of rotatable bonds is 4. The first-order chi connectivity index (χ1) is 7.68. The van der Waals surface area contributed by atoms with Gasteiger partial charge in [0.1, 0.15) is 0 Å². The van der Waals surface area contributed by atoms with Gasteiger partial charge in [-0.25, -0.2) is 8.42 Å². The number of nitrogens with zero attached hydrogens (tertiary/aromatic N) is 1. The van der Waals surface area contributed by atoms with E-state index in [4.69, 9.17) is 4.74 Å². The van der Waals surface area contributed by atoms with E-state index in [0.717, 1.165) is 25.9 Å². The van der Waals surface area contributed by atoms with Gasteiger partial charge in [-0.15, -0.1) is 0 Å². The molecule has 1 unspecified atom stereocenters. The Hall–Kier alpha value is -0.170. The fraction of sp³-hybridized carbons (Fsp3) is 1.00. The van der Waals surface area contributed by atoms with Crippen LogP contribution in [0.4, 0.5) is 0 Å². The number of hydrogen-bond acceptors (Lipinski definition) is 4. The summed E-state index contributed by atoms with van der Waals surface area (Å²) in [6.45, 7) is 4.10. The van der Waals surface area contributed by atoms with Crippen LogP contribution in [0.3, 0.4) is 0 Å². The van der Waals surface area contributed by atoms with E-state index in [-0.39, 0.29) is 0 Å². The molecule has 1 atom stereocenters. The molecule has 2 aliphatic rings. The molecule has 0 spiro atoms. The fourth-order valence-electron chi connectivity index (χ4n) is 2.23. The molecule has 6 heteroatoms. The maximum atomic E-state index is 12.0. The van der Waals surface area contributed by atoms with Gasteiger partial charge in [-0.1, -0.05) is 0 Å². The molecule has 0 aromatic rings. The molecule has 2 fully saturated rings. The third-order valence-corrected chi connectivity index (χ3v) is 5.21. The van der Waals surface area contributed by atoms with Crippen LogP contribution in [-0.2, 0) is 14.8 Å². The Morgan fingerprint density at radius 3 is 2.69 bits per heavy atom. The summed E-state index contributed by atoms with van der Waals surface area (Å²) in [4.78, 5) is 0. The van der Waals surface area contributed by atoms with Crippen molar-refractivity contribution in [3.05, 3.63) is 0 Å². The highest BCUT2D eigenvalue weighted by atomic mass is 32.2. The molecule has 0 saturated carbocycles. The summed E-state index contributed by atoms with van der Waals surface area (Å²) in [5.41, 5.74) is 0. The van der Waals surface area contributed by atoms with Gasteiger partial charge in [-0.3, -0.25) is 0 Å². The maximum Gasteiger partial charge on any atom is 0.214 e. The van der Waals surface area contributed by atoms with Crippen molar-refractivity contribution >= 4 is 10.0 Å². The van der Waals surface area contributed by atoms with E-state index in [2.05, 4.69) is 5.32 Å². The van der Waals surface area contributed by atoms with E-state index in [1.165, 1.54) is 0 Å². The molecule has 0 aliphatic carbocycles. The van der Waals surface area contributed by atoms with E-state index < -0.39 is 10.0 Å². The van der Waals surface area contributed by atoms with Crippen molar-refractivity contribution in [2.45, 2.75) is 12.8 Å². The normalized spacial score (nSPS) is 28.4. The molecule has 2 rings (SSSR count). The first-order valence-electron chi connectivity index (χ1n) is 5.95. The first-order valence-corrected chi connectivity index (χ1v) is 7.56. The van der Waals surface area contributed by atoms with Gasteiger partial charge in [0, 0.05) is 13.1 Å². The van der Waals surface area contributed by atoms with E-state index >= 15 is 0 Å². The lowest BCUT2D eigenvalue weighted by molar-refractivity contribution is 0.0730. The predicted octanol–water partition coefficient (Wildman–Crippen LogP) is -0.352. The van der Waals surface area contributed by atoms with Crippen molar-refractivity contribution in [2.24, 2.45) is 5.92 Å². The van der Waals surface area contributed by atoms with Gasteiger partial charge in [-0.05, 0) is 31.8 Å². The van der Waals surface area contributed by atoms with E-state index in [1.807, 2.05) is 0 Å². The Labute approximate surface area is 97.2 Å². The van der Waals surface area contributed by atoms with Gasteiger partial charge in [0.15, 0.2) is 0 Å². The van der Waals surface area contributed by atoms with E-state index in [0.29, 0.717) is 38.0 Å². The minimum Gasteiger partial charge on any atom is -0.379 e. The van der Waals surface area contributed by atoms with Gasteiger partial charge in [0.25, 0.3) is 0 Å². The van der Waals surface area contributed by atoms with Crippen LogP contribution in [0.25, 0.3) is 0 Å². The summed E-state index contributed by atoms with van der Waals surface area (Å²) >= 11 is 0. The summed E-state index contributed by atoms with van der Waals surface area (Å²) in [7, 11) is -3.05. The quantitative estimate of drug-likeness (QED) is 0.739. The standard InChI is InChI=1S/C10H20N2O3S/c13-16(14,12-4-6-15-7-5-12)8-2-10-1-3-11-9-10/h10-11H,1-9H2. The highest BCUT2D eigenvalue weighted by molar-refractivity contribution is 7.89. The molecule has 5 nitrogen and oxygen atoms in total. The zero-order chi connectivity index (χ0) is 11.4. The summed E-state index contributed by atoms with van der Waals surface area (Å²) in [6.07, 6.45) is 1.89. The van der Waals surface area contributed by atoms with Crippen molar-refractivity contribution in [3.8, 4) is 0 Å². The zero-order valence-electron chi connectivity index (χ0n) is 9.52. The van der Waals surface area contributed by atoms with Crippen LogP contribution < -0.4 is 5.32 Å². The topological polar surface area (TPSA) is 58.6 Å². The van der Waals surface area contributed by atoms with Crippen molar-refractivity contribution in [1.29, 1.82) is 0 Å². The average molecular weight is 248 g/mol.